The first-order valence-electron chi connectivity index (χ1n) is 4.64. The maximum Gasteiger partial charge on any atom is 0.348 e. The first kappa shape index (κ1) is 11.2. The summed E-state index contributed by atoms with van der Waals surface area (Å²) in [6, 6.07) is 9.30. The number of ether oxygens (including phenoxy) is 1. The van der Waals surface area contributed by atoms with E-state index in [0.29, 0.717) is 9.90 Å². The van der Waals surface area contributed by atoms with Crippen molar-refractivity contribution in [2.24, 2.45) is 0 Å². The van der Waals surface area contributed by atoms with Gasteiger partial charge in [0.25, 0.3) is 0 Å². The number of methoxy groups -OCH3 is 1. The molecule has 0 bridgehead atoms. The minimum Gasteiger partial charge on any atom is -0.465 e. The molecule has 0 saturated heterocycles. The molecule has 1 aromatic heterocycles. The van der Waals surface area contributed by atoms with Crippen molar-refractivity contribution in [3.8, 4) is 11.1 Å². The van der Waals surface area contributed by atoms with Crippen molar-refractivity contribution >= 4 is 28.9 Å². The number of hydrogen-bond acceptors (Lipinski definition) is 3. The Hall–Kier alpha value is -1.32. The third-order valence-corrected chi connectivity index (χ3v) is 3.30. The zero-order valence-corrected chi connectivity index (χ0v) is 10.1. The lowest BCUT2D eigenvalue weighted by atomic mass is 10.1. The van der Waals surface area contributed by atoms with Crippen LogP contribution in [0.1, 0.15) is 9.67 Å². The Bertz CT molecular complexity index is 519. The zero-order chi connectivity index (χ0) is 11.5. The summed E-state index contributed by atoms with van der Waals surface area (Å²) in [6.07, 6.45) is 0. The minimum atomic E-state index is -0.315. The second-order valence-electron chi connectivity index (χ2n) is 3.17. The normalized spacial score (nSPS) is 10.1. The number of carbonyl (C=O) groups excluding carboxylic acids is 1. The number of hydrogen-bond donors (Lipinski definition) is 0. The van der Waals surface area contributed by atoms with E-state index in [9.17, 15) is 4.79 Å². The second-order valence-corrected chi connectivity index (χ2v) is 4.52. The number of thiophene rings is 1. The van der Waals surface area contributed by atoms with Gasteiger partial charge in [0.1, 0.15) is 4.88 Å². The van der Waals surface area contributed by atoms with Crippen molar-refractivity contribution in [3.63, 3.8) is 0 Å². The number of benzene rings is 1. The summed E-state index contributed by atoms with van der Waals surface area (Å²) in [5, 5.41) is 2.52. The number of halogens is 1. The monoisotopic (exact) mass is 252 g/mol. The molecule has 0 atom stereocenters. The molecule has 0 saturated carbocycles. The first-order valence-corrected chi connectivity index (χ1v) is 5.90. The fourth-order valence-electron chi connectivity index (χ4n) is 1.44. The molecule has 2 nitrogen and oxygen atoms in total. The van der Waals surface area contributed by atoms with Gasteiger partial charge < -0.3 is 4.74 Å². The lowest BCUT2D eigenvalue weighted by molar-refractivity contribution is 0.0607. The van der Waals surface area contributed by atoms with Crippen molar-refractivity contribution in [1.29, 1.82) is 0 Å². The van der Waals surface area contributed by atoms with E-state index in [4.69, 9.17) is 16.3 Å². The molecule has 0 fully saturated rings. The first-order chi connectivity index (χ1) is 7.72. The summed E-state index contributed by atoms with van der Waals surface area (Å²) in [5.74, 6) is -0.315. The van der Waals surface area contributed by atoms with E-state index in [1.165, 1.54) is 18.4 Å². The molecule has 0 N–H and O–H groups in total. The van der Waals surface area contributed by atoms with Gasteiger partial charge in [0, 0.05) is 10.6 Å². The maximum atomic E-state index is 11.5. The molecule has 0 spiro atoms. The summed E-state index contributed by atoms with van der Waals surface area (Å²) in [5.41, 5.74) is 1.79. The van der Waals surface area contributed by atoms with Crippen molar-refractivity contribution in [2.45, 2.75) is 0 Å². The van der Waals surface area contributed by atoms with Crippen LogP contribution in [-0.4, -0.2) is 13.1 Å². The summed E-state index contributed by atoms with van der Waals surface area (Å²) in [4.78, 5) is 12.1. The predicted octanol–water partition coefficient (Wildman–Crippen LogP) is 3.86. The van der Waals surface area contributed by atoms with Gasteiger partial charge in [-0.1, -0.05) is 23.7 Å². The molecule has 82 valence electrons. The van der Waals surface area contributed by atoms with Crippen molar-refractivity contribution in [2.75, 3.05) is 7.11 Å². The van der Waals surface area contributed by atoms with Gasteiger partial charge in [0.15, 0.2) is 0 Å². The lowest BCUT2D eigenvalue weighted by Gasteiger charge is -2.02. The molecule has 0 radical (unpaired) electrons. The molecule has 1 heterocycles. The van der Waals surface area contributed by atoms with Crippen LogP contribution in [-0.2, 0) is 4.74 Å². The molecule has 2 rings (SSSR count). The molecular weight excluding hydrogens is 244 g/mol. The van der Waals surface area contributed by atoms with Crippen LogP contribution >= 0.6 is 22.9 Å². The largest absolute Gasteiger partial charge is 0.465 e. The van der Waals surface area contributed by atoms with Gasteiger partial charge in [-0.3, -0.25) is 0 Å². The summed E-state index contributed by atoms with van der Waals surface area (Å²) < 4.78 is 4.73. The molecule has 1 aromatic carbocycles. The van der Waals surface area contributed by atoms with E-state index < -0.39 is 0 Å². The topological polar surface area (TPSA) is 26.3 Å². The van der Waals surface area contributed by atoms with Crippen LogP contribution < -0.4 is 0 Å². The average molecular weight is 253 g/mol. The summed E-state index contributed by atoms with van der Waals surface area (Å²) >= 11 is 7.28. The van der Waals surface area contributed by atoms with E-state index in [2.05, 4.69) is 0 Å². The molecule has 16 heavy (non-hydrogen) atoms. The molecule has 0 unspecified atom stereocenters. The van der Waals surface area contributed by atoms with Crippen LogP contribution in [0.2, 0.25) is 5.02 Å². The van der Waals surface area contributed by atoms with Gasteiger partial charge >= 0.3 is 5.97 Å². The summed E-state index contributed by atoms with van der Waals surface area (Å²) in [6.45, 7) is 0. The van der Waals surface area contributed by atoms with E-state index >= 15 is 0 Å². The third kappa shape index (κ3) is 2.10. The highest BCUT2D eigenvalue weighted by molar-refractivity contribution is 7.12. The van der Waals surface area contributed by atoms with Gasteiger partial charge in [0.05, 0.1) is 7.11 Å². The Balaban J connectivity index is 2.48. The fourth-order valence-corrected chi connectivity index (χ4v) is 2.47. The SMILES string of the molecule is COC(=O)c1sccc1-c1cccc(Cl)c1. The molecule has 0 amide bonds. The van der Waals surface area contributed by atoms with Crippen LogP contribution in [0.5, 0.6) is 0 Å². The van der Waals surface area contributed by atoms with Crippen LogP contribution in [0.3, 0.4) is 0 Å². The van der Waals surface area contributed by atoms with Gasteiger partial charge in [-0.2, -0.15) is 0 Å². The molecule has 2 aromatic rings. The van der Waals surface area contributed by atoms with Gasteiger partial charge in [-0.15, -0.1) is 11.3 Å². The highest BCUT2D eigenvalue weighted by Gasteiger charge is 2.14. The highest BCUT2D eigenvalue weighted by Crippen LogP contribution is 2.30. The Morgan fingerprint density at radius 2 is 2.19 bits per heavy atom. The van der Waals surface area contributed by atoms with Crippen LogP contribution in [0.4, 0.5) is 0 Å². The lowest BCUT2D eigenvalue weighted by Crippen LogP contribution is -1.99. The summed E-state index contributed by atoms with van der Waals surface area (Å²) in [7, 11) is 1.38. The van der Waals surface area contributed by atoms with E-state index in [1.54, 1.807) is 6.07 Å². The van der Waals surface area contributed by atoms with Crippen LogP contribution in [0, 0.1) is 0 Å². The average Bonchev–Trinajstić information content (AvgIpc) is 2.77. The fraction of sp³-hybridized carbons (Fsp3) is 0.0833. The van der Waals surface area contributed by atoms with E-state index in [1.807, 2.05) is 29.6 Å². The Kier molecular flexibility index (Phi) is 3.27. The van der Waals surface area contributed by atoms with Crippen molar-refractivity contribution in [3.05, 3.63) is 45.6 Å². The van der Waals surface area contributed by atoms with Gasteiger partial charge in [-0.05, 0) is 29.1 Å². The van der Waals surface area contributed by atoms with Crippen molar-refractivity contribution in [1.82, 2.24) is 0 Å². The van der Waals surface area contributed by atoms with Gasteiger partial charge in [-0.25, -0.2) is 4.79 Å². The van der Waals surface area contributed by atoms with Gasteiger partial charge in [0.2, 0.25) is 0 Å². The Labute approximate surface area is 102 Å². The maximum absolute atomic E-state index is 11.5. The van der Waals surface area contributed by atoms with Crippen LogP contribution in [0.25, 0.3) is 11.1 Å². The number of carbonyl (C=O) groups is 1. The second kappa shape index (κ2) is 4.68. The van der Waals surface area contributed by atoms with E-state index in [0.717, 1.165) is 11.1 Å². The van der Waals surface area contributed by atoms with E-state index in [-0.39, 0.29) is 5.97 Å². The third-order valence-electron chi connectivity index (χ3n) is 2.17. The standard InChI is InChI=1S/C12H9ClO2S/c1-15-12(14)11-10(5-6-16-11)8-3-2-4-9(13)7-8/h2-7H,1H3. The molecule has 0 aliphatic rings. The molecule has 4 heteroatoms. The van der Waals surface area contributed by atoms with Crippen molar-refractivity contribution < 1.29 is 9.53 Å². The Morgan fingerprint density at radius 1 is 1.38 bits per heavy atom. The van der Waals surface area contributed by atoms with Crippen LogP contribution in [0.15, 0.2) is 35.7 Å². The number of esters is 1. The quantitative estimate of drug-likeness (QED) is 0.759. The smallest absolute Gasteiger partial charge is 0.348 e. The number of rotatable bonds is 2. The Morgan fingerprint density at radius 3 is 2.88 bits per heavy atom. The zero-order valence-electron chi connectivity index (χ0n) is 8.57. The molecule has 0 aliphatic heterocycles. The molecule has 0 aliphatic carbocycles. The highest BCUT2D eigenvalue weighted by atomic mass is 35.5. The molecular formula is C12H9ClO2S. The predicted molar refractivity (Wildman–Crippen MR) is 66.1 cm³/mol. The minimum absolute atomic E-state index is 0.315.